The molecule has 3 atom stereocenters. The molecule has 98 valence electrons. The molecule has 2 N–H and O–H groups in total. The number of ether oxygens (including phenoxy) is 1. The predicted molar refractivity (Wildman–Crippen MR) is 65.9 cm³/mol. The maximum Gasteiger partial charge on any atom is 0.220 e. The summed E-state index contributed by atoms with van der Waals surface area (Å²) in [6.07, 6.45) is 8.59. The van der Waals surface area contributed by atoms with Gasteiger partial charge in [0.1, 0.15) is 0 Å². The third-order valence-corrected chi connectivity index (χ3v) is 4.03. The van der Waals surface area contributed by atoms with Gasteiger partial charge in [0, 0.05) is 31.2 Å². The minimum Gasteiger partial charge on any atom is -0.378 e. The van der Waals surface area contributed by atoms with Crippen molar-refractivity contribution in [2.24, 2.45) is 5.92 Å². The Morgan fingerprint density at radius 1 is 1.61 bits per heavy atom. The van der Waals surface area contributed by atoms with Gasteiger partial charge in [0.25, 0.3) is 0 Å². The second kappa shape index (κ2) is 5.10. The van der Waals surface area contributed by atoms with Crippen LogP contribution >= 0.6 is 0 Å². The quantitative estimate of drug-likeness (QED) is 0.819. The van der Waals surface area contributed by atoms with E-state index in [0.717, 1.165) is 37.9 Å². The summed E-state index contributed by atoms with van der Waals surface area (Å²) >= 11 is 0. The largest absolute Gasteiger partial charge is 0.378 e. The Morgan fingerprint density at radius 2 is 2.56 bits per heavy atom. The van der Waals surface area contributed by atoms with E-state index in [-0.39, 0.29) is 5.91 Å². The van der Waals surface area contributed by atoms with Gasteiger partial charge in [0.2, 0.25) is 5.91 Å². The lowest BCUT2D eigenvalue weighted by molar-refractivity contribution is -0.124. The van der Waals surface area contributed by atoms with Crippen LogP contribution in [0.1, 0.15) is 31.2 Å². The highest BCUT2D eigenvalue weighted by Gasteiger charge is 2.45. The number of hydrogen-bond acceptors (Lipinski definition) is 3. The van der Waals surface area contributed by atoms with Crippen molar-refractivity contribution in [3.8, 4) is 0 Å². The number of aromatic amines is 1. The van der Waals surface area contributed by atoms with Crippen LogP contribution in [0.15, 0.2) is 12.4 Å². The number of hydrogen-bond donors (Lipinski definition) is 2. The monoisotopic (exact) mass is 249 g/mol. The van der Waals surface area contributed by atoms with Crippen molar-refractivity contribution in [1.82, 2.24) is 15.5 Å². The molecule has 1 aliphatic carbocycles. The molecular weight excluding hydrogens is 230 g/mol. The first-order valence-electron chi connectivity index (χ1n) is 6.71. The molecule has 1 amide bonds. The van der Waals surface area contributed by atoms with Crippen LogP contribution in [0.25, 0.3) is 0 Å². The molecule has 0 aromatic carbocycles. The zero-order valence-electron chi connectivity index (χ0n) is 10.4. The molecule has 0 radical (unpaired) electrons. The number of aryl methyl sites for hydroxylation is 1. The number of carbonyl (C=O) groups is 1. The van der Waals surface area contributed by atoms with E-state index in [1.54, 1.807) is 0 Å². The zero-order chi connectivity index (χ0) is 12.4. The summed E-state index contributed by atoms with van der Waals surface area (Å²) in [6.45, 7) is 0.863. The van der Waals surface area contributed by atoms with Gasteiger partial charge in [0.05, 0.1) is 12.3 Å². The van der Waals surface area contributed by atoms with Crippen LogP contribution in [0.4, 0.5) is 0 Å². The summed E-state index contributed by atoms with van der Waals surface area (Å²) in [4.78, 5) is 11.8. The topological polar surface area (TPSA) is 67.0 Å². The Morgan fingerprint density at radius 3 is 3.33 bits per heavy atom. The van der Waals surface area contributed by atoms with Crippen LogP contribution in [0, 0.1) is 5.92 Å². The van der Waals surface area contributed by atoms with Gasteiger partial charge in [-0.05, 0) is 31.2 Å². The smallest absolute Gasteiger partial charge is 0.220 e. The fraction of sp³-hybridized carbons (Fsp3) is 0.692. The molecule has 2 heterocycles. The highest BCUT2D eigenvalue weighted by molar-refractivity contribution is 5.76. The lowest BCUT2D eigenvalue weighted by Crippen LogP contribution is -2.53. The molecule has 2 fully saturated rings. The predicted octanol–water partition coefficient (Wildman–Crippen LogP) is 1.03. The molecule has 5 nitrogen and oxygen atoms in total. The highest BCUT2D eigenvalue weighted by Crippen LogP contribution is 2.38. The first kappa shape index (κ1) is 11.7. The molecule has 2 aliphatic rings. The average molecular weight is 249 g/mol. The van der Waals surface area contributed by atoms with Crippen molar-refractivity contribution in [2.45, 2.75) is 44.2 Å². The molecule has 1 aliphatic heterocycles. The summed E-state index contributed by atoms with van der Waals surface area (Å²) in [5, 5.41) is 9.79. The number of rotatable bonds is 5. The van der Waals surface area contributed by atoms with Crippen LogP contribution in [-0.4, -0.2) is 34.9 Å². The van der Waals surface area contributed by atoms with Crippen molar-refractivity contribution in [3.63, 3.8) is 0 Å². The standard InChI is InChI=1S/C13H19N3O2/c17-13(3-1-2-9-7-14-15-8-9)16-11-6-12-10(11)4-5-18-12/h7-8,10-12H,1-6H2,(H,14,15)(H,16,17)/t10-,11-,12+/m1/s1. The average Bonchev–Trinajstić information content (AvgIpc) is 2.95. The van der Waals surface area contributed by atoms with Crippen molar-refractivity contribution in [3.05, 3.63) is 18.0 Å². The number of fused-ring (bicyclic) bond motifs is 1. The van der Waals surface area contributed by atoms with Gasteiger partial charge in [-0.15, -0.1) is 0 Å². The number of carbonyl (C=O) groups excluding carboxylic acids is 1. The Kier molecular flexibility index (Phi) is 3.32. The molecule has 0 spiro atoms. The number of aromatic nitrogens is 2. The maximum absolute atomic E-state index is 11.8. The van der Waals surface area contributed by atoms with E-state index >= 15 is 0 Å². The van der Waals surface area contributed by atoms with E-state index in [1.807, 2.05) is 12.4 Å². The first-order chi connectivity index (χ1) is 8.83. The molecule has 1 aromatic heterocycles. The molecule has 1 saturated carbocycles. The van der Waals surface area contributed by atoms with Crippen LogP contribution in [0.5, 0.6) is 0 Å². The molecule has 5 heteroatoms. The SMILES string of the molecule is O=C(CCCc1cn[nH]c1)N[C@@H]1C[C@@H]2OCC[C@@H]21. The maximum atomic E-state index is 11.8. The summed E-state index contributed by atoms with van der Waals surface area (Å²) in [6, 6.07) is 0.360. The van der Waals surface area contributed by atoms with Gasteiger partial charge >= 0.3 is 0 Å². The number of amides is 1. The third-order valence-electron chi connectivity index (χ3n) is 4.03. The lowest BCUT2D eigenvalue weighted by atomic mass is 9.76. The number of nitrogens with zero attached hydrogens (tertiary/aromatic N) is 1. The van der Waals surface area contributed by atoms with E-state index in [0.29, 0.717) is 24.5 Å². The van der Waals surface area contributed by atoms with Gasteiger partial charge in [0.15, 0.2) is 0 Å². The summed E-state index contributed by atoms with van der Waals surface area (Å²) in [5.41, 5.74) is 1.16. The third kappa shape index (κ3) is 2.41. The van der Waals surface area contributed by atoms with Gasteiger partial charge in [-0.3, -0.25) is 9.89 Å². The first-order valence-corrected chi connectivity index (χ1v) is 6.71. The second-order valence-corrected chi connectivity index (χ2v) is 5.23. The van der Waals surface area contributed by atoms with Crippen molar-refractivity contribution >= 4 is 5.91 Å². The van der Waals surface area contributed by atoms with Crippen LogP contribution in [-0.2, 0) is 16.0 Å². The van der Waals surface area contributed by atoms with Gasteiger partial charge in [-0.2, -0.15) is 5.10 Å². The molecule has 0 unspecified atom stereocenters. The van der Waals surface area contributed by atoms with Gasteiger partial charge in [-0.1, -0.05) is 0 Å². The summed E-state index contributed by atoms with van der Waals surface area (Å²) in [7, 11) is 0. The van der Waals surface area contributed by atoms with E-state index in [1.165, 1.54) is 0 Å². The normalized spacial score (nSPS) is 29.7. The second-order valence-electron chi connectivity index (χ2n) is 5.23. The van der Waals surface area contributed by atoms with E-state index < -0.39 is 0 Å². The van der Waals surface area contributed by atoms with Crippen molar-refractivity contribution < 1.29 is 9.53 Å². The highest BCUT2D eigenvalue weighted by atomic mass is 16.5. The Labute approximate surface area is 106 Å². The molecule has 0 bridgehead atoms. The van der Waals surface area contributed by atoms with Crippen LogP contribution in [0.3, 0.4) is 0 Å². The van der Waals surface area contributed by atoms with Gasteiger partial charge < -0.3 is 10.1 Å². The van der Waals surface area contributed by atoms with E-state index in [2.05, 4.69) is 15.5 Å². The van der Waals surface area contributed by atoms with Crippen LogP contribution in [0.2, 0.25) is 0 Å². The van der Waals surface area contributed by atoms with Gasteiger partial charge in [-0.25, -0.2) is 0 Å². The molecule has 1 aromatic rings. The Balaban J connectivity index is 1.35. The fourth-order valence-corrected chi connectivity index (χ4v) is 2.91. The molecule has 1 saturated heterocycles. The lowest BCUT2D eigenvalue weighted by Gasteiger charge is -2.39. The minimum atomic E-state index is 0.175. The van der Waals surface area contributed by atoms with E-state index in [4.69, 9.17) is 4.74 Å². The molecular formula is C13H19N3O2. The molecule has 3 rings (SSSR count). The zero-order valence-corrected chi connectivity index (χ0v) is 10.4. The fourth-order valence-electron chi connectivity index (χ4n) is 2.91. The number of H-pyrrole nitrogens is 1. The van der Waals surface area contributed by atoms with Crippen LogP contribution < -0.4 is 5.32 Å². The van der Waals surface area contributed by atoms with Crippen molar-refractivity contribution in [2.75, 3.05) is 6.61 Å². The Hall–Kier alpha value is -1.36. The minimum absolute atomic E-state index is 0.175. The number of nitrogens with one attached hydrogen (secondary N) is 2. The molecule has 18 heavy (non-hydrogen) atoms. The summed E-state index contributed by atoms with van der Waals surface area (Å²) < 4.78 is 5.53. The van der Waals surface area contributed by atoms with E-state index in [9.17, 15) is 4.79 Å². The van der Waals surface area contributed by atoms with Crippen molar-refractivity contribution in [1.29, 1.82) is 0 Å². The summed E-state index contributed by atoms with van der Waals surface area (Å²) in [5.74, 6) is 0.747. The Bertz CT molecular complexity index is 404.